The van der Waals surface area contributed by atoms with Crippen molar-refractivity contribution in [2.75, 3.05) is 6.61 Å². The summed E-state index contributed by atoms with van der Waals surface area (Å²) < 4.78 is 35.0. The molecule has 4 rings (SSSR count). The quantitative estimate of drug-likeness (QED) is 0.507. The van der Waals surface area contributed by atoms with Crippen LogP contribution in [0.2, 0.25) is 0 Å². The molecule has 1 aliphatic heterocycles. The van der Waals surface area contributed by atoms with Gasteiger partial charge in [-0.1, -0.05) is 0 Å². The molecule has 1 atom stereocenters. The molecule has 134 valence electrons. The molecule has 6 nitrogen and oxygen atoms in total. The van der Waals surface area contributed by atoms with E-state index in [4.69, 9.17) is 4.74 Å². The lowest BCUT2D eigenvalue weighted by Crippen LogP contribution is -2.17. The maximum atomic E-state index is 14.3. The minimum atomic E-state index is -0.796. The minimum Gasteiger partial charge on any atom is -0.358 e. The fourth-order valence-corrected chi connectivity index (χ4v) is 3.31. The van der Waals surface area contributed by atoms with Gasteiger partial charge < -0.3 is 9.30 Å². The lowest BCUT2D eigenvalue weighted by Gasteiger charge is -2.24. The Labute approximate surface area is 147 Å². The van der Waals surface area contributed by atoms with Gasteiger partial charge in [0.05, 0.1) is 22.3 Å². The highest BCUT2D eigenvalue weighted by Gasteiger charge is 2.23. The minimum absolute atomic E-state index is 0.0647. The van der Waals surface area contributed by atoms with Crippen molar-refractivity contribution < 1.29 is 18.4 Å². The summed E-state index contributed by atoms with van der Waals surface area (Å²) in [5.74, 6) is -1.51. The monoisotopic (exact) mass is 359 g/mol. The van der Waals surface area contributed by atoms with Crippen molar-refractivity contribution in [1.82, 2.24) is 9.55 Å². The van der Waals surface area contributed by atoms with Gasteiger partial charge in [-0.25, -0.2) is 13.8 Å². The average molecular weight is 359 g/mol. The van der Waals surface area contributed by atoms with Crippen LogP contribution in [-0.4, -0.2) is 21.1 Å². The standard InChI is InChI=1S/C18H15F2N3O3/c19-11-4-5-13(15(20)7-11)14-8-12(23(24)25)9-16-18(14)21-10-22(16)17-3-1-2-6-26-17/h4-5,7-10,17H,1-3,6H2. The Hall–Kier alpha value is -2.87. The lowest BCUT2D eigenvalue weighted by molar-refractivity contribution is -0.384. The van der Waals surface area contributed by atoms with Crippen molar-refractivity contribution in [3.63, 3.8) is 0 Å². The van der Waals surface area contributed by atoms with Crippen LogP contribution in [0.1, 0.15) is 25.5 Å². The van der Waals surface area contributed by atoms with Crippen LogP contribution in [-0.2, 0) is 4.74 Å². The molecule has 1 fully saturated rings. The highest BCUT2D eigenvalue weighted by Crippen LogP contribution is 2.36. The normalized spacial score (nSPS) is 17.5. The number of fused-ring (bicyclic) bond motifs is 1. The molecule has 26 heavy (non-hydrogen) atoms. The molecule has 0 aliphatic carbocycles. The van der Waals surface area contributed by atoms with Crippen molar-refractivity contribution in [2.24, 2.45) is 0 Å². The number of non-ortho nitro benzene ring substituents is 1. The topological polar surface area (TPSA) is 70.2 Å². The van der Waals surface area contributed by atoms with E-state index in [0.717, 1.165) is 31.4 Å². The highest BCUT2D eigenvalue weighted by molar-refractivity contribution is 5.94. The Morgan fingerprint density at radius 3 is 2.73 bits per heavy atom. The van der Waals surface area contributed by atoms with Crippen LogP contribution in [0, 0.1) is 21.7 Å². The predicted octanol–water partition coefficient (Wildman–Crippen LogP) is 4.59. The van der Waals surface area contributed by atoms with E-state index in [1.165, 1.54) is 18.2 Å². The summed E-state index contributed by atoms with van der Waals surface area (Å²) in [6.07, 6.45) is 4.01. The smallest absolute Gasteiger partial charge is 0.272 e. The van der Waals surface area contributed by atoms with Crippen LogP contribution >= 0.6 is 0 Å². The summed E-state index contributed by atoms with van der Waals surface area (Å²) in [7, 11) is 0. The Balaban J connectivity index is 1.94. The first-order chi connectivity index (χ1) is 12.5. The lowest BCUT2D eigenvalue weighted by atomic mass is 10.0. The van der Waals surface area contributed by atoms with E-state index in [9.17, 15) is 18.9 Å². The third-order valence-electron chi connectivity index (χ3n) is 4.56. The van der Waals surface area contributed by atoms with Gasteiger partial charge in [0.2, 0.25) is 0 Å². The largest absolute Gasteiger partial charge is 0.358 e. The van der Waals surface area contributed by atoms with Crippen molar-refractivity contribution in [1.29, 1.82) is 0 Å². The number of benzene rings is 2. The van der Waals surface area contributed by atoms with Crippen LogP contribution in [0.25, 0.3) is 22.2 Å². The number of nitro groups is 1. The van der Waals surface area contributed by atoms with Crippen molar-refractivity contribution >= 4 is 16.7 Å². The zero-order chi connectivity index (χ0) is 18.3. The summed E-state index contributed by atoms with van der Waals surface area (Å²) in [6, 6.07) is 5.80. The molecule has 0 spiro atoms. The number of halogens is 2. The third-order valence-corrected chi connectivity index (χ3v) is 4.56. The Bertz CT molecular complexity index is 997. The zero-order valence-corrected chi connectivity index (χ0v) is 13.7. The zero-order valence-electron chi connectivity index (χ0n) is 13.7. The first-order valence-electron chi connectivity index (χ1n) is 8.26. The fourth-order valence-electron chi connectivity index (χ4n) is 3.31. The summed E-state index contributed by atoms with van der Waals surface area (Å²) in [4.78, 5) is 15.2. The Morgan fingerprint density at radius 1 is 1.19 bits per heavy atom. The van der Waals surface area contributed by atoms with Crippen LogP contribution in [0.3, 0.4) is 0 Å². The molecule has 0 radical (unpaired) electrons. The molecule has 8 heteroatoms. The van der Waals surface area contributed by atoms with Crippen LogP contribution in [0.5, 0.6) is 0 Å². The van der Waals surface area contributed by atoms with Gasteiger partial charge in [-0.05, 0) is 31.4 Å². The van der Waals surface area contributed by atoms with Crippen molar-refractivity contribution in [2.45, 2.75) is 25.5 Å². The molecule has 1 aliphatic rings. The average Bonchev–Trinajstić information content (AvgIpc) is 3.06. The second kappa shape index (κ2) is 6.45. The maximum Gasteiger partial charge on any atom is 0.272 e. The molecule has 1 aromatic heterocycles. The first kappa shape index (κ1) is 16.6. The van der Waals surface area contributed by atoms with Gasteiger partial charge in [0, 0.05) is 35.9 Å². The van der Waals surface area contributed by atoms with E-state index in [1.54, 1.807) is 10.9 Å². The number of ether oxygens (including phenoxy) is 1. The van der Waals surface area contributed by atoms with E-state index in [0.29, 0.717) is 17.6 Å². The predicted molar refractivity (Wildman–Crippen MR) is 90.6 cm³/mol. The highest BCUT2D eigenvalue weighted by atomic mass is 19.1. The van der Waals surface area contributed by atoms with Gasteiger partial charge in [0.15, 0.2) is 0 Å². The fraction of sp³-hybridized carbons (Fsp3) is 0.278. The molecule has 2 heterocycles. The molecule has 0 N–H and O–H groups in total. The Kier molecular flexibility index (Phi) is 4.12. The molecule has 3 aromatic rings. The summed E-state index contributed by atoms with van der Waals surface area (Å²) in [5.41, 5.74) is 1.03. The van der Waals surface area contributed by atoms with E-state index >= 15 is 0 Å². The number of imidazole rings is 1. The molecule has 0 bridgehead atoms. The van der Waals surface area contributed by atoms with Crippen LogP contribution in [0.15, 0.2) is 36.7 Å². The molecule has 1 unspecified atom stereocenters. The number of hydrogen-bond donors (Lipinski definition) is 0. The number of rotatable bonds is 3. The Morgan fingerprint density at radius 2 is 2.04 bits per heavy atom. The third kappa shape index (κ3) is 2.82. The molecule has 2 aromatic carbocycles. The van der Waals surface area contributed by atoms with E-state index in [-0.39, 0.29) is 23.0 Å². The number of hydrogen-bond acceptors (Lipinski definition) is 4. The van der Waals surface area contributed by atoms with Gasteiger partial charge in [-0.2, -0.15) is 0 Å². The molecular formula is C18H15F2N3O3. The molecule has 0 amide bonds. The first-order valence-corrected chi connectivity index (χ1v) is 8.26. The van der Waals surface area contributed by atoms with Crippen LogP contribution < -0.4 is 0 Å². The SMILES string of the molecule is O=[N+]([O-])c1cc(-c2ccc(F)cc2F)c2ncn(C3CCCCO3)c2c1. The summed E-state index contributed by atoms with van der Waals surface area (Å²) >= 11 is 0. The number of nitrogens with zero attached hydrogens (tertiary/aromatic N) is 3. The van der Waals surface area contributed by atoms with Gasteiger partial charge in [-0.15, -0.1) is 0 Å². The van der Waals surface area contributed by atoms with Gasteiger partial charge in [0.25, 0.3) is 5.69 Å². The second-order valence-corrected chi connectivity index (χ2v) is 6.22. The van der Waals surface area contributed by atoms with Gasteiger partial charge >= 0.3 is 0 Å². The van der Waals surface area contributed by atoms with E-state index in [2.05, 4.69) is 4.98 Å². The second-order valence-electron chi connectivity index (χ2n) is 6.22. The molecular weight excluding hydrogens is 344 g/mol. The van der Waals surface area contributed by atoms with Crippen molar-refractivity contribution in [3.05, 3.63) is 58.4 Å². The summed E-state index contributed by atoms with van der Waals surface area (Å²) in [6.45, 7) is 0.610. The number of nitro benzene ring substituents is 1. The molecule has 0 saturated carbocycles. The number of aromatic nitrogens is 2. The molecule has 1 saturated heterocycles. The maximum absolute atomic E-state index is 14.3. The van der Waals surface area contributed by atoms with E-state index in [1.807, 2.05) is 0 Å². The van der Waals surface area contributed by atoms with E-state index < -0.39 is 16.6 Å². The van der Waals surface area contributed by atoms with Crippen molar-refractivity contribution in [3.8, 4) is 11.1 Å². The van der Waals surface area contributed by atoms with Gasteiger partial charge in [-0.3, -0.25) is 10.1 Å². The summed E-state index contributed by atoms with van der Waals surface area (Å²) in [5, 5.41) is 11.4. The van der Waals surface area contributed by atoms with Gasteiger partial charge in [0.1, 0.15) is 17.9 Å². The van der Waals surface area contributed by atoms with Crippen LogP contribution in [0.4, 0.5) is 14.5 Å².